The van der Waals surface area contributed by atoms with Crippen LogP contribution in [0.15, 0.2) is 66.7 Å². The zero-order valence-corrected chi connectivity index (χ0v) is 16.8. The Morgan fingerprint density at radius 3 is 2.25 bits per heavy atom. The molecule has 0 aliphatic carbocycles. The third-order valence-corrected chi connectivity index (χ3v) is 5.30. The molecular weight excluding hydrogens is 346 g/mol. The van der Waals surface area contributed by atoms with Gasteiger partial charge in [0.25, 0.3) is 0 Å². The van der Waals surface area contributed by atoms with Gasteiger partial charge in [-0.15, -0.1) is 0 Å². The van der Waals surface area contributed by atoms with Crippen molar-refractivity contribution in [3.05, 3.63) is 72.3 Å². The fourth-order valence-electron chi connectivity index (χ4n) is 3.58. The van der Waals surface area contributed by atoms with Crippen LogP contribution in [-0.4, -0.2) is 61.5 Å². The normalized spacial score (nSPS) is 15.1. The van der Waals surface area contributed by atoms with E-state index in [0.717, 1.165) is 45.8 Å². The molecule has 0 aromatic heterocycles. The fraction of sp³-hybridized carbons (Fsp3) is 0.375. The van der Waals surface area contributed by atoms with Gasteiger partial charge in [-0.2, -0.15) is 0 Å². The van der Waals surface area contributed by atoms with E-state index in [0.29, 0.717) is 6.42 Å². The molecule has 1 aliphatic rings. The third-order valence-electron chi connectivity index (χ3n) is 5.30. The molecule has 0 radical (unpaired) electrons. The number of carbonyl (C=O) groups is 1. The van der Waals surface area contributed by atoms with Gasteiger partial charge in [0, 0.05) is 57.9 Å². The first-order chi connectivity index (χ1) is 13.8. The van der Waals surface area contributed by atoms with E-state index in [1.165, 1.54) is 11.3 Å². The Bertz CT molecular complexity index is 737. The summed E-state index contributed by atoms with van der Waals surface area (Å²) in [4.78, 5) is 19.3. The number of para-hydroxylation sites is 1. The minimum atomic E-state index is 0.272. The summed E-state index contributed by atoms with van der Waals surface area (Å²) in [5, 5.41) is 0. The summed E-state index contributed by atoms with van der Waals surface area (Å²) in [5.41, 5.74) is 2.42. The van der Waals surface area contributed by atoms with Crippen LogP contribution in [0.1, 0.15) is 18.9 Å². The molecule has 1 heterocycles. The molecule has 1 amide bonds. The molecule has 0 N–H and O–H groups in total. The number of rotatable bonds is 8. The SMILES string of the molecule is CCN(CCC(=O)N1CCN(C/C=C/c2ccccc2)CC1)c1ccccc1. The predicted octanol–water partition coefficient (Wildman–Crippen LogP) is 3.76. The first kappa shape index (κ1) is 20.2. The molecular formula is C24H31N3O. The van der Waals surface area contributed by atoms with Crippen molar-refractivity contribution in [3.8, 4) is 0 Å². The fourth-order valence-corrected chi connectivity index (χ4v) is 3.58. The Kier molecular flexibility index (Phi) is 7.68. The van der Waals surface area contributed by atoms with Crippen molar-refractivity contribution >= 4 is 17.7 Å². The molecule has 1 saturated heterocycles. The van der Waals surface area contributed by atoms with Crippen LogP contribution >= 0.6 is 0 Å². The van der Waals surface area contributed by atoms with Gasteiger partial charge in [0.2, 0.25) is 5.91 Å². The van der Waals surface area contributed by atoms with Crippen LogP contribution in [0.25, 0.3) is 6.08 Å². The van der Waals surface area contributed by atoms with Gasteiger partial charge in [0.15, 0.2) is 0 Å². The van der Waals surface area contributed by atoms with Gasteiger partial charge < -0.3 is 9.80 Å². The lowest BCUT2D eigenvalue weighted by Crippen LogP contribution is -2.49. The molecule has 1 fully saturated rings. The monoisotopic (exact) mass is 377 g/mol. The van der Waals surface area contributed by atoms with Crippen LogP contribution in [0.2, 0.25) is 0 Å². The second-order valence-corrected chi connectivity index (χ2v) is 7.16. The van der Waals surface area contributed by atoms with Gasteiger partial charge in [0.05, 0.1) is 0 Å². The Labute approximate surface area is 169 Å². The van der Waals surface area contributed by atoms with Gasteiger partial charge in [0.1, 0.15) is 0 Å². The molecule has 4 heteroatoms. The summed E-state index contributed by atoms with van der Waals surface area (Å²) in [6.07, 6.45) is 4.96. The maximum absolute atomic E-state index is 12.6. The van der Waals surface area contributed by atoms with E-state index in [1.807, 2.05) is 29.2 Å². The van der Waals surface area contributed by atoms with Crippen LogP contribution in [0.5, 0.6) is 0 Å². The van der Waals surface area contributed by atoms with Crippen LogP contribution < -0.4 is 4.90 Å². The summed E-state index contributed by atoms with van der Waals surface area (Å²) in [7, 11) is 0. The number of nitrogens with zero attached hydrogens (tertiary/aromatic N) is 3. The van der Waals surface area contributed by atoms with Crippen LogP contribution in [0.3, 0.4) is 0 Å². The molecule has 1 aliphatic heterocycles. The molecule has 0 saturated carbocycles. The van der Waals surface area contributed by atoms with E-state index in [-0.39, 0.29) is 5.91 Å². The molecule has 28 heavy (non-hydrogen) atoms. The standard InChI is InChI=1S/C24H31N3O/c1-2-26(23-13-7-4-8-14-23)17-15-24(28)27-20-18-25(19-21-27)16-9-12-22-10-5-3-6-11-22/h3-14H,2,15-21H2,1H3/b12-9+. The number of piperazine rings is 1. The van der Waals surface area contributed by atoms with Gasteiger partial charge in [-0.3, -0.25) is 9.69 Å². The zero-order chi connectivity index (χ0) is 19.6. The lowest BCUT2D eigenvalue weighted by molar-refractivity contribution is -0.132. The number of amides is 1. The van der Waals surface area contributed by atoms with Crippen molar-refractivity contribution in [1.82, 2.24) is 9.80 Å². The van der Waals surface area contributed by atoms with Crippen molar-refractivity contribution in [3.63, 3.8) is 0 Å². The number of hydrogen-bond acceptors (Lipinski definition) is 3. The van der Waals surface area contributed by atoms with Crippen LogP contribution in [0, 0.1) is 0 Å². The Morgan fingerprint density at radius 2 is 1.61 bits per heavy atom. The Morgan fingerprint density at radius 1 is 0.964 bits per heavy atom. The minimum Gasteiger partial charge on any atom is -0.371 e. The molecule has 0 bridgehead atoms. The number of benzene rings is 2. The highest BCUT2D eigenvalue weighted by Crippen LogP contribution is 2.14. The van der Waals surface area contributed by atoms with Crippen molar-refractivity contribution in [2.45, 2.75) is 13.3 Å². The van der Waals surface area contributed by atoms with E-state index in [9.17, 15) is 4.79 Å². The van der Waals surface area contributed by atoms with E-state index >= 15 is 0 Å². The van der Waals surface area contributed by atoms with Crippen LogP contribution in [0.4, 0.5) is 5.69 Å². The molecule has 3 rings (SSSR count). The number of carbonyl (C=O) groups excluding carboxylic acids is 1. The largest absolute Gasteiger partial charge is 0.371 e. The highest BCUT2D eigenvalue weighted by molar-refractivity contribution is 5.77. The molecule has 148 valence electrons. The summed E-state index contributed by atoms with van der Waals surface area (Å²) in [6.45, 7) is 8.32. The zero-order valence-electron chi connectivity index (χ0n) is 16.8. The summed E-state index contributed by atoms with van der Waals surface area (Å²) >= 11 is 0. The molecule has 0 spiro atoms. The van der Waals surface area contributed by atoms with E-state index in [4.69, 9.17) is 0 Å². The highest BCUT2D eigenvalue weighted by Gasteiger charge is 2.20. The van der Waals surface area contributed by atoms with Gasteiger partial charge in [-0.05, 0) is 24.6 Å². The molecule has 4 nitrogen and oxygen atoms in total. The average Bonchev–Trinajstić information content (AvgIpc) is 2.76. The minimum absolute atomic E-state index is 0.272. The molecule has 2 aromatic carbocycles. The van der Waals surface area contributed by atoms with E-state index in [1.54, 1.807) is 0 Å². The van der Waals surface area contributed by atoms with Gasteiger partial charge in [-0.1, -0.05) is 60.7 Å². The third kappa shape index (κ3) is 5.96. The molecule has 0 atom stereocenters. The van der Waals surface area contributed by atoms with Gasteiger partial charge in [-0.25, -0.2) is 0 Å². The summed E-state index contributed by atoms with van der Waals surface area (Å²) in [5.74, 6) is 0.272. The second-order valence-electron chi connectivity index (χ2n) is 7.16. The first-order valence-electron chi connectivity index (χ1n) is 10.3. The van der Waals surface area contributed by atoms with Crippen molar-refractivity contribution in [2.24, 2.45) is 0 Å². The topological polar surface area (TPSA) is 26.8 Å². The summed E-state index contributed by atoms with van der Waals surface area (Å²) < 4.78 is 0. The maximum Gasteiger partial charge on any atom is 0.224 e. The number of anilines is 1. The average molecular weight is 378 g/mol. The predicted molar refractivity (Wildman–Crippen MR) is 117 cm³/mol. The Hall–Kier alpha value is -2.59. The maximum atomic E-state index is 12.6. The van der Waals surface area contributed by atoms with E-state index in [2.05, 4.69) is 65.3 Å². The number of hydrogen-bond donors (Lipinski definition) is 0. The lowest BCUT2D eigenvalue weighted by Gasteiger charge is -2.34. The van der Waals surface area contributed by atoms with Crippen molar-refractivity contribution in [2.75, 3.05) is 50.7 Å². The van der Waals surface area contributed by atoms with Gasteiger partial charge >= 0.3 is 0 Å². The van der Waals surface area contributed by atoms with Crippen molar-refractivity contribution in [1.29, 1.82) is 0 Å². The van der Waals surface area contributed by atoms with Crippen LogP contribution in [-0.2, 0) is 4.79 Å². The Balaban J connectivity index is 1.39. The lowest BCUT2D eigenvalue weighted by atomic mass is 10.2. The first-order valence-corrected chi connectivity index (χ1v) is 10.3. The van der Waals surface area contributed by atoms with E-state index < -0.39 is 0 Å². The molecule has 2 aromatic rings. The highest BCUT2D eigenvalue weighted by atomic mass is 16.2. The quantitative estimate of drug-likeness (QED) is 0.701. The van der Waals surface area contributed by atoms with Crippen molar-refractivity contribution < 1.29 is 4.79 Å². The molecule has 0 unspecified atom stereocenters. The smallest absolute Gasteiger partial charge is 0.224 e. The summed E-state index contributed by atoms with van der Waals surface area (Å²) in [6, 6.07) is 20.7. The second kappa shape index (κ2) is 10.7.